The van der Waals surface area contributed by atoms with E-state index in [-0.39, 0.29) is 11.2 Å². The van der Waals surface area contributed by atoms with Crippen LogP contribution in [0.2, 0.25) is 18.1 Å². The average molecular weight is 359 g/mol. The molecule has 0 saturated heterocycles. The summed E-state index contributed by atoms with van der Waals surface area (Å²) in [5.41, 5.74) is 0.746. The molecule has 0 saturated carbocycles. The number of thiazole rings is 1. The zero-order valence-corrected chi connectivity index (χ0v) is 16.2. The van der Waals surface area contributed by atoms with E-state index in [2.05, 4.69) is 38.8 Å². The number of benzene rings is 1. The van der Waals surface area contributed by atoms with Crippen molar-refractivity contribution >= 4 is 37.5 Å². The Morgan fingerprint density at radius 1 is 1.32 bits per heavy atom. The summed E-state index contributed by atoms with van der Waals surface area (Å²) in [4.78, 5) is 22.4. The normalized spacial score (nSPS) is 13.6. The summed E-state index contributed by atoms with van der Waals surface area (Å²) in [6.45, 7) is 10.9. The lowest BCUT2D eigenvalue weighted by molar-refractivity contribution is 0.371. The molecule has 122 valence electrons. The van der Waals surface area contributed by atoms with Crippen LogP contribution in [-0.2, 0) is 10.7 Å². The minimum Gasteiger partial charge on any atom is -0.543 e. The van der Waals surface area contributed by atoms with Crippen molar-refractivity contribution in [3.05, 3.63) is 23.2 Å². The van der Waals surface area contributed by atoms with Crippen molar-refractivity contribution in [3.8, 4) is 5.75 Å². The summed E-state index contributed by atoms with van der Waals surface area (Å²) < 4.78 is 18.2. The highest BCUT2D eigenvalue weighted by atomic mass is 32.1. The first-order chi connectivity index (χ1) is 9.87. The average Bonchev–Trinajstić information content (AvgIpc) is 2.65. The smallest absolute Gasteiger partial charge is 0.332 e. The molecule has 1 heterocycles. The van der Waals surface area contributed by atoms with Crippen molar-refractivity contribution in [1.29, 1.82) is 0 Å². The summed E-state index contributed by atoms with van der Waals surface area (Å²) >= 11 is 1.30. The van der Waals surface area contributed by atoms with Crippen LogP contribution in [0.3, 0.4) is 0 Å². The largest absolute Gasteiger partial charge is 0.543 e. The number of fused-ring (bicyclic) bond motifs is 1. The highest BCUT2D eigenvalue weighted by Crippen LogP contribution is 2.42. The van der Waals surface area contributed by atoms with E-state index in [1.165, 1.54) is 11.3 Å². The Labute approximate surface area is 135 Å². The molecule has 0 spiro atoms. The number of rotatable bonds is 4. The van der Waals surface area contributed by atoms with Crippen LogP contribution >= 0.6 is 18.9 Å². The molecule has 5 nitrogen and oxygen atoms in total. The van der Waals surface area contributed by atoms with Gasteiger partial charge in [-0.15, -0.1) is 11.3 Å². The van der Waals surface area contributed by atoms with E-state index in [4.69, 9.17) is 14.2 Å². The molecule has 0 aliphatic heterocycles. The highest BCUT2D eigenvalue weighted by Gasteiger charge is 2.39. The SMILES string of the molecule is CC(C)(C)[Si](C)(C)Oc1ccc2nc(CP(=O)(O)O)sc2c1. The Hall–Kier alpha value is -0.723. The van der Waals surface area contributed by atoms with Gasteiger partial charge in [0, 0.05) is 0 Å². The second-order valence-electron chi connectivity index (χ2n) is 6.92. The lowest BCUT2D eigenvalue weighted by atomic mass is 10.2. The minimum atomic E-state index is -4.09. The van der Waals surface area contributed by atoms with Crippen LogP contribution in [0, 0.1) is 0 Å². The van der Waals surface area contributed by atoms with Crippen LogP contribution in [0.1, 0.15) is 25.8 Å². The van der Waals surface area contributed by atoms with Gasteiger partial charge in [0.05, 0.1) is 10.2 Å². The van der Waals surface area contributed by atoms with Crippen molar-refractivity contribution in [3.63, 3.8) is 0 Å². The Bertz CT molecular complexity index is 732. The first-order valence-corrected chi connectivity index (χ1v) is 12.5. The summed E-state index contributed by atoms with van der Waals surface area (Å²) in [6, 6.07) is 5.64. The van der Waals surface area contributed by atoms with Gasteiger partial charge in [-0.05, 0) is 36.3 Å². The highest BCUT2D eigenvalue weighted by molar-refractivity contribution is 7.51. The molecule has 1 aromatic heterocycles. The molecule has 22 heavy (non-hydrogen) atoms. The Morgan fingerprint density at radius 3 is 2.50 bits per heavy atom. The summed E-state index contributed by atoms with van der Waals surface area (Å²) in [6.07, 6.45) is -0.315. The standard InChI is InChI=1S/C14H22NO4PSSi/c1-14(2,3)22(4,5)19-10-6-7-11-12(8-10)21-13(15-11)9-20(16,17)18/h6-8H,9H2,1-5H3,(H2,16,17,18). The lowest BCUT2D eigenvalue weighted by Crippen LogP contribution is -2.43. The first kappa shape index (κ1) is 17.6. The van der Waals surface area contributed by atoms with E-state index < -0.39 is 15.9 Å². The maximum Gasteiger partial charge on any atom is 0.332 e. The summed E-state index contributed by atoms with van der Waals surface area (Å²) in [5.74, 6) is 0.797. The van der Waals surface area contributed by atoms with E-state index in [9.17, 15) is 4.57 Å². The molecule has 0 unspecified atom stereocenters. The fraction of sp³-hybridized carbons (Fsp3) is 0.500. The predicted octanol–water partition coefficient (Wildman–Crippen LogP) is 4.36. The van der Waals surface area contributed by atoms with Gasteiger partial charge in [-0.3, -0.25) is 4.57 Å². The molecule has 0 aliphatic rings. The second kappa shape index (κ2) is 5.73. The van der Waals surface area contributed by atoms with Gasteiger partial charge >= 0.3 is 7.60 Å². The number of aromatic nitrogens is 1. The molecule has 0 fully saturated rings. The monoisotopic (exact) mass is 359 g/mol. The van der Waals surface area contributed by atoms with Crippen molar-refractivity contribution in [2.45, 2.75) is 45.1 Å². The van der Waals surface area contributed by atoms with Gasteiger partial charge in [-0.2, -0.15) is 0 Å². The van der Waals surface area contributed by atoms with Crippen molar-refractivity contribution in [2.24, 2.45) is 0 Å². The molecule has 0 aliphatic carbocycles. The molecule has 0 amide bonds. The molecular formula is C14H22NO4PSSi. The Balaban J connectivity index is 2.29. The first-order valence-electron chi connectivity index (χ1n) is 7.00. The topological polar surface area (TPSA) is 79.7 Å². The number of nitrogens with zero attached hydrogens (tertiary/aromatic N) is 1. The van der Waals surface area contributed by atoms with Gasteiger partial charge in [0.1, 0.15) is 16.9 Å². The van der Waals surface area contributed by atoms with Gasteiger partial charge in [-0.1, -0.05) is 20.8 Å². The zero-order valence-electron chi connectivity index (χ0n) is 13.5. The van der Waals surface area contributed by atoms with E-state index >= 15 is 0 Å². The van der Waals surface area contributed by atoms with Gasteiger partial charge < -0.3 is 14.2 Å². The second-order valence-corrected chi connectivity index (χ2v) is 14.4. The molecule has 0 atom stereocenters. The fourth-order valence-electron chi connectivity index (χ4n) is 1.71. The fourth-order valence-corrected chi connectivity index (χ4v) is 4.71. The zero-order chi connectivity index (χ0) is 16.8. The molecule has 0 radical (unpaired) electrons. The van der Waals surface area contributed by atoms with Crippen LogP contribution < -0.4 is 4.43 Å². The third-order valence-electron chi connectivity index (χ3n) is 3.92. The molecule has 8 heteroatoms. The summed E-state index contributed by atoms with van der Waals surface area (Å²) in [7, 11) is -5.99. The number of hydrogen-bond acceptors (Lipinski definition) is 4. The van der Waals surface area contributed by atoms with E-state index in [0.29, 0.717) is 5.01 Å². The van der Waals surface area contributed by atoms with Gasteiger partial charge in [0.25, 0.3) is 0 Å². The minimum absolute atomic E-state index is 0.112. The molecule has 1 aromatic carbocycles. The van der Waals surface area contributed by atoms with Crippen LogP contribution in [0.25, 0.3) is 10.2 Å². The van der Waals surface area contributed by atoms with Gasteiger partial charge in [0.15, 0.2) is 0 Å². The number of hydrogen-bond donors (Lipinski definition) is 2. The summed E-state index contributed by atoms with van der Waals surface area (Å²) in [5, 5.41) is 0.564. The van der Waals surface area contributed by atoms with Crippen molar-refractivity contribution in [2.75, 3.05) is 0 Å². The van der Waals surface area contributed by atoms with Crippen LogP contribution in [0.5, 0.6) is 5.75 Å². The van der Waals surface area contributed by atoms with E-state index in [1.54, 1.807) is 0 Å². The lowest BCUT2D eigenvalue weighted by Gasteiger charge is -2.36. The van der Waals surface area contributed by atoms with Crippen LogP contribution in [0.4, 0.5) is 0 Å². The van der Waals surface area contributed by atoms with E-state index in [1.807, 2.05) is 18.2 Å². The maximum absolute atomic E-state index is 11.1. The van der Waals surface area contributed by atoms with Crippen molar-refractivity contribution in [1.82, 2.24) is 4.98 Å². The van der Waals surface area contributed by atoms with Crippen molar-refractivity contribution < 1.29 is 18.8 Å². The molecule has 2 N–H and O–H groups in total. The molecule has 2 rings (SSSR count). The van der Waals surface area contributed by atoms with Gasteiger partial charge in [-0.25, -0.2) is 4.98 Å². The van der Waals surface area contributed by atoms with E-state index in [0.717, 1.165) is 16.0 Å². The maximum atomic E-state index is 11.1. The molecule has 2 aromatic rings. The third-order valence-corrected chi connectivity index (χ3v) is 10.2. The predicted molar refractivity (Wildman–Crippen MR) is 93.2 cm³/mol. The molecule has 0 bridgehead atoms. The van der Waals surface area contributed by atoms with Crippen LogP contribution in [0.15, 0.2) is 18.2 Å². The van der Waals surface area contributed by atoms with Crippen LogP contribution in [-0.4, -0.2) is 23.1 Å². The Kier molecular flexibility index (Phi) is 4.59. The third kappa shape index (κ3) is 4.17. The quantitative estimate of drug-likeness (QED) is 0.626. The van der Waals surface area contributed by atoms with Gasteiger partial charge in [0.2, 0.25) is 8.32 Å². The Morgan fingerprint density at radius 2 is 1.95 bits per heavy atom. The molecular weight excluding hydrogens is 337 g/mol.